The van der Waals surface area contributed by atoms with Gasteiger partial charge in [-0.05, 0) is 54.6 Å². The summed E-state index contributed by atoms with van der Waals surface area (Å²) in [6, 6.07) is 12.6. The molecule has 1 aliphatic heterocycles. The molecule has 0 bridgehead atoms. The lowest BCUT2D eigenvalue weighted by Crippen LogP contribution is -3.00. The summed E-state index contributed by atoms with van der Waals surface area (Å²) in [4.78, 5) is 0. The fourth-order valence-electron chi connectivity index (χ4n) is 3.31. The standard InChI is InChI=1S/C20H17Cl2F2N2OS.BrH/c1-2-13-11-28-20-25(13)10-18(12-3-6-15(7-4-12)27-19(23)24)26(20)14-5-8-16(21)17(22)9-14;/h3-10,13,19H,2,11H2,1H3;1H/q+1;/p-1. The predicted molar refractivity (Wildman–Crippen MR) is 108 cm³/mol. The van der Waals surface area contributed by atoms with Crippen LogP contribution in [0.1, 0.15) is 19.4 Å². The maximum Gasteiger partial charge on any atom is 0.387 e. The Hall–Kier alpha value is -1.28. The van der Waals surface area contributed by atoms with Crippen molar-refractivity contribution in [2.24, 2.45) is 0 Å². The molecule has 0 fully saturated rings. The smallest absolute Gasteiger partial charge is 0.387 e. The molecule has 0 radical (unpaired) electrons. The van der Waals surface area contributed by atoms with Crippen molar-refractivity contribution in [3.8, 4) is 22.7 Å². The number of nitrogens with zero attached hydrogens (tertiary/aromatic N) is 2. The molecule has 0 amide bonds. The number of aromatic nitrogens is 2. The first kappa shape index (κ1) is 22.4. The topological polar surface area (TPSA) is 18.0 Å². The molecule has 3 nitrogen and oxygen atoms in total. The third-order valence-electron chi connectivity index (χ3n) is 4.72. The molecule has 154 valence electrons. The Bertz CT molecular complexity index is 1010. The number of imidazole rings is 1. The molecule has 1 unspecified atom stereocenters. The van der Waals surface area contributed by atoms with Gasteiger partial charge in [-0.2, -0.15) is 13.3 Å². The minimum absolute atomic E-state index is 0. The van der Waals surface area contributed by atoms with E-state index in [1.165, 1.54) is 0 Å². The molecule has 0 saturated carbocycles. The fraction of sp³-hybridized carbons (Fsp3) is 0.250. The van der Waals surface area contributed by atoms with E-state index in [9.17, 15) is 8.78 Å². The van der Waals surface area contributed by atoms with Gasteiger partial charge in [0.25, 0.3) is 0 Å². The van der Waals surface area contributed by atoms with E-state index in [0.29, 0.717) is 16.1 Å². The monoisotopic (exact) mass is 520 g/mol. The van der Waals surface area contributed by atoms with Gasteiger partial charge in [-0.15, -0.1) is 0 Å². The van der Waals surface area contributed by atoms with E-state index < -0.39 is 6.61 Å². The van der Waals surface area contributed by atoms with Crippen molar-refractivity contribution in [1.82, 2.24) is 4.57 Å². The molecule has 29 heavy (non-hydrogen) atoms. The van der Waals surface area contributed by atoms with E-state index in [4.69, 9.17) is 23.2 Å². The van der Waals surface area contributed by atoms with E-state index in [1.807, 2.05) is 12.1 Å². The van der Waals surface area contributed by atoms with Crippen molar-refractivity contribution >= 4 is 35.0 Å². The van der Waals surface area contributed by atoms with Crippen LogP contribution in [0.5, 0.6) is 5.75 Å². The summed E-state index contributed by atoms with van der Waals surface area (Å²) in [6.07, 6.45) is 3.13. The van der Waals surface area contributed by atoms with Crippen LogP contribution in [0.3, 0.4) is 0 Å². The van der Waals surface area contributed by atoms with Gasteiger partial charge in [0, 0.05) is 17.4 Å². The highest BCUT2D eigenvalue weighted by atomic mass is 79.9. The van der Waals surface area contributed by atoms with Crippen LogP contribution >= 0.6 is 35.0 Å². The first-order valence-electron chi connectivity index (χ1n) is 8.78. The van der Waals surface area contributed by atoms with Crippen LogP contribution in [0.25, 0.3) is 16.9 Å². The second kappa shape index (κ2) is 9.25. The number of alkyl halides is 2. The van der Waals surface area contributed by atoms with Gasteiger partial charge in [0.2, 0.25) is 0 Å². The highest BCUT2D eigenvalue weighted by Gasteiger charge is 2.36. The number of hydrogen-bond donors (Lipinski definition) is 0. The summed E-state index contributed by atoms with van der Waals surface area (Å²) in [5.74, 6) is 1.14. The van der Waals surface area contributed by atoms with Crippen molar-refractivity contribution in [2.45, 2.75) is 31.2 Å². The summed E-state index contributed by atoms with van der Waals surface area (Å²) < 4.78 is 33.7. The van der Waals surface area contributed by atoms with Gasteiger partial charge >= 0.3 is 11.8 Å². The summed E-state index contributed by atoms with van der Waals surface area (Å²) in [5, 5.41) is 2.08. The highest BCUT2D eigenvalue weighted by molar-refractivity contribution is 7.99. The van der Waals surface area contributed by atoms with E-state index in [2.05, 4.69) is 27.0 Å². The second-order valence-electron chi connectivity index (χ2n) is 6.41. The summed E-state index contributed by atoms with van der Waals surface area (Å²) >= 11 is 14.1. The van der Waals surface area contributed by atoms with Crippen LogP contribution < -0.4 is 26.3 Å². The van der Waals surface area contributed by atoms with Crippen LogP contribution in [0.2, 0.25) is 10.0 Å². The average molecular weight is 522 g/mol. The molecule has 0 aliphatic carbocycles. The Kier molecular flexibility index (Phi) is 7.14. The van der Waals surface area contributed by atoms with E-state index in [-0.39, 0.29) is 22.7 Å². The SMILES string of the molecule is CCC1CSc2n(-c3ccc(Cl)c(Cl)c3)c(-c3ccc(OC(F)F)cc3)c[n+]21.[Br-]. The van der Waals surface area contributed by atoms with Gasteiger partial charge < -0.3 is 21.7 Å². The highest BCUT2D eigenvalue weighted by Crippen LogP contribution is 2.37. The Morgan fingerprint density at radius 2 is 1.90 bits per heavy atom. The number of ether oxygens (including phenoxy) is 1. The lowest BCUT2D eigenvalue weighted by molar-refractivity contribution is -0.747. The van der Waals surface area contributed by atoms with Crippen molar-refractivity contribution in [1.29, 1.82) is 0 Å². The number of fused-ring (bicyclic) bond motifs is 1. The third kappa shape index (κ3) is 4.43. The van der Waals surface area contributed by atoms with Crippen molar-refractivity contribution in [3.05, 3.63) is 58.7 Å². The van der Waals surface area contributed by atoms with Crippen LogP contribution in [-0.2, 0) is 0 Å². The Morgan fingerprint density at radius 1 is 1.17 bits per heavy atom. The lowest BCUT2D eigenvalue weighted by Gasteiger charge is -2.07. The minimum Gasteiger partial charge on any atom is -1.00 e. The molecule has 1 aromatic heterocycles. The maximum atomic E-state index is 12.4. The van der Waals surface area contributed by atoms with Crippen molar-refractivity contribution < 1.29 is 35.1 Å². The number of benzene rings is 2. The van der Waals surface area contributed by atoms with E-state index in [1.54, 1.807) is 42.1 Å². The molecule has 1 atom stereocenters. The lowest BCUT2D eigenvalue weighted by atomic mass is 10.1. The molecule has 2 aromatic carbocycles. The third-order valence-corrected chi connectivity index (χ3v) is 6.66. The molecular weight excluding hydrogens is 505 g/mol. The van der Waals surface area contributed by atoms with Crippen LogP contribution in [-0.4, -0.2) is 16.9 Å². The normalized spacial score (nSPS) is 15.3. The van der Waals surface area contributed by atoms with E-state index in [0.717, 1.165) is 34.3 Å². The first-order chi connectivity index (χ1) is 13.5. The second-order valence-corrected chi connectivity index (χ2v) is 8.22. The van der Waals surface area contributed by atoms with Crippen molar-refractivity contribution in [3.63, 3.8) is 0 Å². The van der Waals surface area contributed by atoms with Crippen LogP contribution in [0, 0.1) is 0 Å². The van der Waals surface area contributed by atoms with Gasteiger partial charge in [0.1, 0.15) is 23.7 Å². The summed E-state index contributed by atoms with van der Waals surface area (Å²) in [6.45, 7) is -0.674. The molecular formula is C20H17BrCl2F2N2OS. The van der Waals surface area contributed by atoms with Gasteiger partial charge in [-0.25, -0.2) is 4.57 Å². The maximum absolute atomic E-state index is 12.4. The van der Waals surface area contributed by atoms with Crippen LogP contribution in [0.4, 0.5) is 8.78 Å². The van der Waals surface area contributed by atoms with Gasteiger partial charge in [0.05, 0.1) is 10.0 Å². The number of thioether (sulfide) groups is 1. The Labute approximate surface area is 192 Å². The van der Waals surface area contributed by atoms with E-state index >= 15 is 0 Å². The average Bonchev–Trinajstić information content (AvgIpc) is 3.23. The first-order valence-corrected chi connectivity index (χ1v) is 10.5. The molecule has 4 rings (SSSR count). The predicted octanol–water partition coefficient (Wildman–Crippen LogP) is 3.40. The Balaban J connectivity index is 0.00000240. The van der Waals surface area contributed by atoms with Gasteiger partial charge in [-0.1, -0.05) is 30.1 Å². The summed E-state index contributed by atoms with van der Waals surface area (Å²) in [5.41, 5.74) is 2.74. The zero-order valence-electron chi connectivity index (χ0n) is 15.3. The zero-order chi connectivity index (χ0) is 19.8. The largest absolute Gasteiger partial charge is 1.00 e. The minimum atomic E-state index is -2.84. The van der Waals surface area contributed by atoms with Crippen molar-refractivity contribution in [2.75, 3.05) is 5.75 Å². The molecule has 0 N–H and O–H groups in total. The van der Waals surface area contributed by atoms with Gasteiger partial charge in [0.15, 0.2) is 5.69 Å². The molecule has 3 aromatic rings. The molecule has 1 aliphatic rings. The van der Waals surface area contributed by atoms with Crippen LogP contribution in [0.15, 0.2) is 53.8 Å². The molecule has 0 saturated heterocycles. The Morgan fingerprint density at radius 3 is 2.52 bits per heavy atom. The summed E-state index contributed by atoms with van der Waals surface area (Å²) in [7, 11) is 0. The number of halogens is 5. The molecule has 9 heteroatoms. The number of hydrogen-bond acceptors (Lipinski definition) is 2. The quantitative estimate of drug-likeness (QED) is 0.479. The molecule has 2 heterocycles. The van der Waals surface area contributed by atoms with Gasteiger partial charge in [-0.3, -0.25) is 0 Å². The zero-order valence-corrected chi connectivity index (χ0v) is 19.2. The number of rotatable bonds is 5. The molecule has 0 spiro atoms. The fourth-order valence-corrected chi connectivity index (χ4v) is 5.03.